The molecule has 1 aliphatic carbocycles. The van der Waals surface area contributed by atoms with Crippen LogP contribution < -0.4 is 0 Å². The molecule has 1 aliphatic rings. The van der Waals surface area contributed by atoms with E-state index in [1.165, 1.54) is 65.1 Å². The van der Waals surface area contributed by atoms with Gasteiger partial charge in [0.05, 0.1) is 11.4 Å². The molecular weight excluding hydrogens is 569 g/mol. The first-order chi connectivity index (χ1) is 23.1. The van der Waals surface area contributed by atoms with Crippen LogP contribution in [0.15, 0.2) is 146 Å². The molecule has 0 bridgehead atoms. The number of benzene rings is 5. The molecule has 5 aromatic carbocycles. The average molecular weight is 611 g/mol. The number of allylic oxidation sites excluding steroid dienone is 4. The van der Waals surface area contributed by atoms with Crippen LogP contribution in [0.25, 0.3) is 50.1 Å². The van der Waals surface area contributed by atoms with Crippen LogP contribution in [0.4, 0.5) is 0 Å². The zero-order chi connectivity index (χ0) is 32.1. The van der Waals surface area contributed by atoms with Crippen molar-refractivity contribution in [3.63, 3.8) is 0 Å². The van der Waals surface area contributed by atoms with Crippen molar-refractivity contribution in [1.82, 2.24) is 9.97 Å². The first-order valence-corrected chi connectivity index (χ1v) is 17.1. The minimum Gasteiger partial charge on any atom is -0.228 e. The Labute approximate surface area is 279 Å². The summed E-state index contributed by atoms with van der Waals surface area (Å²) in [5.74, 6) is 0.754. The molecule has 0 atom stereocenters. The first-order valence-electron chi connectivity index (χ1n) is 17.1. The predicted octanol–water partition coefficient (Wildman–Crippen LogP) is 12.3. The predicted molar refractivity (Wildman–Crippen MR) is 199 cm³/mol. The van der Waals surface area contributed by atoms with E-state index in [4.69, 9.17) is 9.97 Å². The number of hydrogen-bond acceptors (Lipinski definition) is 2. The van der Waals surface area contributed by atoms with E-state index in [0.717, 1.165) is 40.3 Å². The summed E-state index contributed by atoms with van der Waals surface area (Å²) < 4.78 is 0. The molecule has 7 rings (SSSR count). The SMILES string of the molecule is CC/C=C\C=C(/C)c1cc(-c2ccc(C3(c4ccc(-c5ccc6ccccc6c5)cc4)CCCCC3)cc2)nc(-c2ccccc2)n1. The number of nitrogens with zero attached hydrogens (tertiary/aromatic N) is 2. The Balaban J connectivity index is 1.23. The van der Waals surface area contributed by atoms with Crippen LogP contribution in [0.2, 0.25) is 0 Å². The molecule has 2 heteroatoms. The highest BCUT2D eigenvalue weighted by atomic mass is 14.9. The van der Waals surface area contributed by atoms with E-state index in [2.05, 4.69) is 141 Å². The van der Waals surface area contributed by atoms with Gasteiger partial charge in [-0.05, 0) is 76.9 Å². The minimum absolute atomic E-state index is 0.0235. The molecule has 0 spiro atoms. The van der Waals surface area contributed by atoms with Gasteiger partial charge in [0.2, 0.25) is 0 Å². The summed E-state index contributed by atoms with van der Waals surface area (Å²) >= 11 is 0. The van der Waals surface area contributed by atoms with E-state index < -0.39 is 0 Å². The zero-order valence-corrected chi connectivity index (χ0v) is 27.5. The summed E-state index contributed by atoms with van der Waals surface area (Å²) in [5, 5.41) is 2.56. The van der Waals surface area contributed by atoms with Crippen molar-refractivity contribution < 1.29 is 0 Å². The molecule has 6 aromatic rings. The summed E-state index contributed by atoms with van der Waals surface area (Å²) in [6, 6.07) is 46.5. The molecule has 0 radical (unpaired) electrons. The second-order valence-corrected chi connectivity index (χ2v) is 12.9. The van der Waals surface area contributed by atoms with Crippen LogP contribution in [0.3, 0.4) is 0 Å². The highest BCUT2D eigenvalue weighted by molar-refractivity contribution is 5.87. The van der Waals surface area contributed by atoms with Crippen LogP contribution in [0, 0.1) is 0 Å². The Morgan fingerprint density at radius 3 is 1.96 bits per heavy atom. The molecule has 0 aliphatic heterocycles. The average Bonchev–Trinajstić information content (AvgIpc) is 3.15. The Hall–Kier alpha value is -5.08. The first kappa shape index (κ1) is 30.6. The molecule has 1 saturated carbocycles. The molecule has 0 amide bonds. The maximum absolute atomic E-state index is 5.07. The zero-order valence-electron chi connectivity index (χ0n) is 27.5. The number of hydrogen-bond donors (Lipinski definition) is 0. The fourth-order valence-corrected chi connectivity index (χ4v) is 7.16. The van der Waals surface area contributed by atoms with Crippen LogP contribution in [0.1, 0.15) is 69.2 Å². The number of fused-ring (bicyclic) bond motifs is 1. The lowest BCUT2D eigenvalue weighted by Crippen LogP contribution is -2.30. The van der Waals surface area contributed by atoms with Crippen LogP contribution in [0.5, 0.6) is 0 Å². The maximum Gasteiger partial charge on any atom is 0.160 e. The smallest absolute Gasteiger partial charge is 0.160 e. The highest BCUT2D eigenvalue weighted by Crippen LogP contribution is 2.45. The second kappa shape index (κ2) is 13.7. The lowest BCUT2D eigenvalue weighted by atomic mass is 9.65. The third-order valence-electron chi connectivity index (χ3n) is 9.84. The van der Waals surface area contributed by atoms with Gasteiger partial charge in [0, 0.05) is 16.5 Å². The number of aromatic nitrogens is 2. The number of rotatable bonds is 8. The molecule has 0 N–H and O–H groups in total. The van der Waals surface area contributed by atoms with Gasteiger partial charge in [0.1, 0.15) is 0 Å². The third-order valence-corrected chi connectivity index (χ3v) is 9.84. The van der Waals surface area contributed by atoms with Crippen molar-refractivity contribution >= 4 is 16.3 Å². The van der Waals surface area contributed by atoms with Gasteiger partial charge in [0.25, 0.3) is 0 Å². The van der Waals surface area contributed by atoms with Gasteiger partial charge < -0.3 is 0 Å². The van der Waals surface area contributed by atoms with E-state index in [0.29, 0.717) is 0 Å². The molecule has 2 nitrogen and oxygen atoms in total. The van der Waals surface area contributed by atoms with Gasteiger partial charge in [-0.2, -0.15) is 0 Å². The van der Waals surface area contributed by atoms with E-state index >= 15 is 0 Å². The second-order valence-electron chi connectivity index (χ2n) is 12.9. The lowest BCUT2D eigenvalue weighted by molar-refractivity contribution is 0.346. The van der Waals surface area contributed by atoms with E-state index in [1.54, 1.807) is 0 Å². The van der Waals surface area contributed by atoms with Crippen LogP contribution in [-0.2, 0) is 5.41 Å². The summed E-state index contributed by atoms with van der Waals surface area (Å²) in [5.41, 5.74) is 10.5. The normalized spacial score (nSPS) is 14.9. The van der Waals surface area contributed by atoms with Gasteiger partial charge >= 0.3 is 0 Å². The molecular formula is C45H42N2. The van der Waals surface area contributed by atoms with Gasteiger partial charge in [-0.15, -0.1) is 0 Å². The van der Waals surface area contributed by atoms with Gasteiger partial charge in [-0.3, -0.25) is 0 Å². The van der Waals surface area contributed by atoms with E-state index in [1.807, 2.05) is 18.2 Å². The molecule has 232 valence electrons. The van der Waals surface area contributed by atoms with Crippen LogP contribution in [-0.4, -0.2) is 9.97 Å². The Morgan fingerprint density at radius 1 is 0.617 bits per heavy atom. The molecule has 0 saturated heterocycles. The minimum atomic E-state index is 0.0235. The van der Waals surface area contributed by atoms with Crippen molar-refractivity contribution in [2.24, 2.45) is 0 Å². The quantitative estimate of drug-likeness (QED) is 0.160. The van der Waals surface area contributed by atoms with Crippen LogP contribution >= 0.6 is 0 Å². The summed E-state index contributed by atoms with van der Waals surface area (Å²) in [6.45, 7) is 4.28. The molecule has 47 heavy (non-hydrogen) atoms. The standard InChI is InChI=1S/C45H42N2/c1-3-4-7-14-33(2)42-32-43(47-44(46-42)37-16-8-5-9-17-37)36-23-27-41(28-24-36)45(29-12-6-13-30-45)40-25-21-35(22-26-40)39-20-19-34-15-10-11-18-38(34)31-39/h4-5,7-11,14-28,31-32H,3,6,12-13,29-30H2,1-2H3/b7-4-,33-14+. The van der Waals surface area contributed by atoms with Crippen molar-refractivity contribution in [3.8, 4) is 33.8 Å². The van der Waals surface area contributed by atoms with Gasteiger partial charge in [0.15, 0.2) is 5.82 Å². The topological polar surface area (TPSA) is 25.8 Å². The Kier molecular flexibility index (Phi) is 8.93. The van der Waals surface area contributed by atoms with Crippen molar-refractivity contribution in [2.75, 3.05) is 0 Å². The Morgan fingerprint density at radius 2 is 1.26 bits per heavy atom. The molecule has 0 unspecified atom stereocenters. The lowest BCUT2D eigenvalue weighted by Gasteiger charge is -2.39. The van der Waals surface area contributed by atoms with Crippen molar-refractivity contribution in [1.29, 1.82) is 0 Å². The monoisotopic (exact) mass is 610 g/mol. The fourth-order valence-electron chi connectivity index (χ4n) is 7.16. The molecule has 1 aromatic heterocycles. The summed E-state index contributed by atoms with van der Waals surface area (Å²) in [7, 11) is 0. The van der Waals surface area contributed by atoms with E-state index in [-0.39, 0.29) is 5.41 Å². The molecule has 1 fully saturated rings. The largest absolute Gasteiger partial charge is 0.228 e. The Bertz CT molecular complexity index is 2030. The van der Waals surface area contributed by atoms with Crippen molar-refractivity contribution in [3.05, 3.63) is 162 Å². The third kappa shape index (κ3) is 6.46. The maximum atomic E-state index is 5.07. The summed E-state index contributed by atoms with van der Waals surface area (Å²) in [6.07, 6.45) is 13.6. The fraction of sp³-hybridized carbons (Fsp3) is 0.200. The highest BCUT2D eigenvalue weighted by Gasteiger charge is 2.35. The summed E-state index contributed by atoms with van der Waals surface area (Å²) in [4.78, 5) is 10.1. The van der Waals surface area contributed by atoms with E-state index in [9.17, 15) is 0 Å². The molecule has 1 heterocycles. The van der Waals surface area contributed by atoms with Crippen molar-refractivity contribution in [2.45, 2.75) is 57.8 Å². The van der Waals surface area contributed by atoms with Gasteiger partial charge in [-0.1, -0.05) is 160 Å². The van der Waals surface area contributed by atoms with Gasteiger partial charge in [-0.25, -0.2) is 9.97 Å².